The average molecular weight is 260 g/mol. The lowest BCUT2D eigenvalue weighted by atomic mass is 9.97. The molecular weight excluding hydrogens is 236 g/mol. The first-order chi connectivity index (χ1) is 9.04. The normalized spacial score (nSPS) is 23.1. The minimum absolute atomic E-state index is 0.129. The Labute approximate surface area is 115 Å². The summed E-state index contributed by atoms with van der Waals surface area (Å²) in [5, 5.41) is 6.49. The Morgan fingerprint density at radius 1 is 1.32 bits per heavy atom. The number of hydrogen-bond acceptors (Lipinski definition) is 2. The van der Waals surface area contributed by atoms with Crippen molar-refractivity contribution < 1.29 is 4.79 Å². The molecule has 19 heavy (non-hydrogen) atoms. The van der Waals surface area contributed by atoms with Crippen LogP contribution in [0.1, 0.15) is 30.0 Å². The molecule has 2 atom stereocenters. The van der Waals surface area contributed by atoms with Crippen LogP contribution in [0, 0.1) is 19.8 Å². The van der Waals surface area contributed by atoms with Crippen LogP contribution in [-0.2, 0) is 11.2 Å². The fourth-order valence-corrected chi connectivity index (χ4v) is 2.64. The highest BCUT2D eigenvalue weighted by Crippen LogP contribution is 2.12. The second-order valence-electron chi connectivity index (χ2n) is 5.86. The summed E-state index contributed by atoms with van der Waals surface area (Å²) >= 11 is 0. The van der Waals surface area contributed by atoms with Crippen LogP contribution in [0.4, 0.5) is 0 Å². The summed E-state index contributed by atoms with van der Waals surface area (Å²) in [5.41, 5.74) is 3.62. The van der Waals surface area contributed by atoms with Crippen molar-refractivity contribution in [1.82, 2.24) is 10.6 Å². The van der Waals surface area contributed by atoms with E-state index in [9.17, 15) is 4.79 Å². The van der Waals surface area contributed by atoms with Crippen LogP contribution in [0.25, 0.3) is 0 Å². The molecule has 1 aromatic rings. The van der Waals surface area contributed by atoms with Gasteiger partial charge in [0.05, 0.1) is 6.42 Å². The van der Waals surface area contributed by atoms with Gasteiger partial charge in [-0.05, 0) is 49.4 Å². The Morgan fingerprint density at radius 3 is 2.79 bits per heavy atom. The van der Waals surface area contributed by atoms with Crippen molar-refractivity contribution in [3.8, 4) is 0 Å². The molecule has 104 valence electrons. The highest BCUT2D eigenvalue weighted by atomic mass is 16.1. The lowest BCUT2D eigenvalue weighted by Crippen LogP contribution is -2.48. The highest BCUT2D eigenvalue weighted by molar-refractivity contribution is 5.79. The van der Waals surface area contributed by atoms with Crippen molar-refractivity contribution >= 4 is 5.91 Å². The highest BCUT2D eigenvalue weighted by Gasteiger charge is 2.19. The smallest absolute Gasteiger partial charge is 0.224 e. The lowest BCUT2D eigenvalue weighted by Gasteiger charge is -2.28. The molecule has 2 rings (SSSR count). The first-order valence-electron chi connectivity index (χ1n) is 7.11. The fourth-order valence-electron chi connectivity index (χ4n) is 2.64. The summed E-state index contributed by atoms with van der Waals surface area (Å²) < 4.78 is 0. The Morgan fingerprint density at radius 2 is 2.11 bits per heavy atom. The van der Waals surface area contributed by atoms with Crippen molar-refractivity contribution in [3.63, 3.8) is 0 Å². The van der Waals surface area contributed by atoms with Crippen molar-refractivity contribution in [2.24, 2.45) is 5.92 Å². The van der Waals surface area contributed by atoms with E-state index in [-0.39, 0.29) is 11.9 Å². The number of carbonyl (C=O) groups excluding carboxylic acids is 1. The predicted molar refractivity (Wildman–Crippen MR) is 78.2 cm³/mol. The van der Waals surface area contributed by atoms with Gasteiger partial charge in [-0.2, -0.15) is 0 Å². The summed E-state index contributed by atoms with van der Waals surface area (Å²) in [7, 11) is 0. The van der Waals surface area contributed by atoms with Crippen LogP contribution >= 0.6 is 0 Å². The third kappa shape index (κ3) is 4.06. The number of carbonyl (C=O) groups is 1. The number of aryl methyl sites for hydroxylation is 2. The van der Waals surface area contributed by atoms with Crippen molar-refractivity contribution in [3.05, 3.63) is 34.9 Å². The summed E-state index contributed by atoms with van der Waals surface area (Å²) in [4.78, 5) is 12.0. The van der Waals surface area contributed by atoms with Gasteiger partial charge >= 0.3 is 0 Å². The zero-order valence-corrected chi connectivity index (χ0v) is 12.1. The van der Waals surface area contributed by atoms with Gasteiger partial charge in [0.25, 0.3) is 0 Å². The van der Waals surface area contributed by atoms with Gasteiger partial charge in [-0.1, -0.05) is 25.1 Å². The molecule has 1 saturated heterocycles. The largest absolute Gasteiger partial charge is 0.352 e. The zero-order chi connectivity index (χ0) is 13.8. The molecule has 1 aliphatic heterocycles. The number of hydrogen-bond donors (Lipinski definition) is 2. The van der Waals surface area contributed by atoms with E-state index in [2.05, 4.69) is 43.5 Å². The van der Waals surface area contributed by atoms with Gasteiger partial charge in [-0.25, -0.2) is 0 Å². The van der Waals surface area contributed by atoms with Gasteiger partial charge < -0.3 is 10.6 Å². The van der Waals surface area contributed by atoms with Crippen molar-refractivity contribution in [1.29, 1.82) is 0 Å². The maximum absolute atomic E-state index is 12.0. The molecule has 1 aromatic carbocycles. The molecule has 0 spiro atoms. The Bertz CT molecular complexity index is 456. The van der Waals surface area contributed by atoms with Crippen LogP contribution in [0.3, 0.4) is 0 Å². The third-order valence-electron chi connectivity index (χ3n) is 3.87. The standard InChI is InChI=1S/C16H24N2O/c1-11-6-15(10-17-9-11)18-16(19)8-14-5-4-12(2)13(3)7-14/h4-5,7,11,15,17H,6,8-10H2,1-3H3,(H,18,19). The molecule has 0 radical (unpaired) electrons. The zero-order valence-electron chi connectivity index (χ0n) is 12.1. The quantitative estimate of drug-likeness (QED) is 0.872. The fraction of sp³-hybridized carbons (Fsp3) is 0.562. The van der Waals surface area contributed by atoms with Crippen LogP contribution in [0.2, 0.25) is 0 Å². The number of rotatable bonds is 3. The minimum Gasteiger partial charge on any atom is -0.352 e. The van der Waals surface area contributed by atoms with Gasteiger partial charge in [0.2, 0.25) is 5.91 Å². The first kappa shape index (κ1) is 14.1. The summed E-state index contributed by atoms with van der Waals surface area (Å²) in [6, 6.07) is 6.52. The molecular formula is C16H24N2O. The van der Waals surface area contributed by atoms with Crippen LogP contribution in [-0.4, -0.2) is 25.0 Å². The van der Waals surface area contributed by atoms with E-state index in [1.807, 2.05) is 6.07 Å². The molecule has 0 aromatic heterocycles. The molecule has 1 amide bonds. The molecule has 1 aliphatic rings. The minimum atomic E-state index is 0.129. The number of amides is 1. The van der Waals surface area contributed by atoms with E-state index in [0.29, 0.717) is 12.3 Å². The second-order valence-corrected chi connectivity index (χ2v) is 5.86. The second kappa shape index (κ2) is 6.20. The van der Waals surface area contributed by atoms with Gasteiger partial charge in [0.15, 0.2) is 0 Å². The molecule has 0 bridgehead atoms. The molecule has 0 aliphatic carbocycles. The van der Waals surface area contributed by atoms with Gasteiger partial charge in [-0.3, -0.25) is 4.79 Å². The Kier molecular flexibility index (Phi) is 4.59. The topological polar surface area (TPSA) is 41.1 Å². The number of piperidine rings is 1. The molecule has 1 heterocycles. The summed E-state index contributed by atoms with van der Waals surface area (Å²) in [6.07, 6.45) is 1.55. The third-order valence-corrected chi connectivity index (χ3v) is 3.87. The Balaban J connectivity index is 1.88. The predicted octanol–water partition coefficient (Wildman–Crippen LogP) is 1.96. The van der Waals surface area contributed by atoms with E-state index >= 15 is 0 Å². The molecule has 0 saturated carbocycles. The van der Waals surface area contributed by atoms with E-state index in [1.54, 1.807) is 0 Å². The molecule has 2 N–H and O–H groups in total. The first-order valence-corrected chi connectivity index (χ1v) is 7.11. The van der Waals surface area contributed by atoms with Gasteiger partial charge in [0, 0.05) is 12.6 Å². The Hall–Kier alpha value is -1.35. The van der Waals surface area contributed by atoms with Crippen molar-refractivity contribution in [2.75, 3.05) is 13.1 Å². The lowest BCUT2D eigenvalue weighted by molar-refractivity contribution is -0.121. The van der Waals surface area contributed by atoms with Crippen LogP contribution in [0.15, 0.2) is 18.2 Å². The molecule has 1 fully saturated rings. The summed E-state index contributed by atoms with van der Waals surface area (Å²) in [5.74, 6) is 0.768. The maximum atomic E-state index is 12.0. The van der Waals surface area contributed by atoms with E-state index in [4.69, 9.17) is 0 Å². The van der Waals surface area contributed by atoms with E-state index in [1.165, 1.54) is 11.1 Å². The SMILES string of the molecule is Cc1ccc(CC(=O)NC2CNCC(C)C2)cc1C. The summed E-state index contributed by atoms with van der Waals surface area (Å²) in [6.45, 7) is 8.35. The average Bonchev–Trinajstić information content (AvgIpc) is 2.34. The van der Waals surface area contributed by atoms with E-state index in [0.717, 1.165) is 25.1 Å². The van der Waals surface area contributed by atoms with Crippen LogP contribution in [0.5, 0.6) is 0 Å². The van der Waals surface area contributed by atoms with Crippen LogP contribution < -0.4 is 10.6 Å². The van der Waals surface area contributed by atoms with Gasteiger partial charge in [-0.15, -0.1) is 0 Å². The molecule has 3 heteroatoms. The molecule has 2 unspecified atom stereocenters. The maximum Gasteiger partial charge on any atom is 0.224 e. The number of nitrogens with one attached hydrogen (secondary N) is 2. The van der Waals surface area contributed by atoms with Gasteiger partial charge in [0.1, 0.15) is 0 Å². The molecule has 3 nitrogen and oxygen atoms in total. The monoisotopic (exact) mass is 260 g/mol. The van der Waals surface area contributed by atoms with E-state index < -0.39 is 0 Å². The van der Waals surface area contributed by atoms with Crippen molar-refractivity contribution in [2.45, 2.75) is 39.7 Å². The number of benzene rings is 1.